The van der Waals surface area contributed by atoms with Crippen molar-refractivity contribution >= 4 is 31.3 Å². The second-order valence-corrected chi connectivity index (χ2v) is 12.5. The molecule has 0 N–H and O–H groups in total. The van der Waals surface area contributed by atoms with E-state index in [-0.39, 0.29) is 10.6 Å². The van der Waals surface area contributed by atoms with Crippen LogP contribution in [0.2, 0.25) is 36.3 Å². The fraction of sp³-hybridized carbons (Fsp3) is 0.538. The summed E-state index contributed by atoms with van der Waals surface area (Å²) in [7, 11) is -1.05. The Morgan fingerprint density at radius 1 is 1.14 bits per heavy atom. The predicted molar refractivity (Wildman–Crippen MR) is 89.0 cm³/mol. The van der Waals surface area contributed by atoms with Crippen LogP contribution >= 0.6 is 23.2 Å². The van der Waals surface area contributed by atoms with Gasteiger partial charge in [0, 0.05) is 20.9 Å². The molecule has 6 nitrogen and oxygen atoms in total. The average molecular weight is 360 g/mol. The maximum Gasteiger partial charge on any atom is 0.226 e. The van der Waals surface area contributed by atoms with Crippen molar-refractivity contribution in [2.45, 2.75) is 38.8 Å². The van der Waals surface area contributed by atoms with Gasteiger partial charge in [-0.2, -0.15) is 4.98 Å². The lowest BCUT2D eigenvalue weighted by molar-refractivity contribution is 0.0871. The highest BCUT2D eigenvalue weighted by atomic mass is 35.5. The second-order valence-electron chi connectivity index (χ2n) is 6.19. The van der Waals surface area contributed by atoms with Crippen LogP contribution in [0.15, 0.2) is 12.5 Å². The van der Waals surface area contributed by atoms with Crippen molar-refractivity contribution in [1.82, 2.24) is 24.5 Å². The van der Waals surface area contributed by atoms with Crippen molar-refractivity contribution in [3.05, 3.63) is 34.6 Å². The summed E-state index contributed by atoms with van der Waals surface area (Å²) in [5, 5.41) is 0.174. The first-order valence-electron chi connectivity index (χ1n) is 6.96. The molecule has 2 aromatic rings. The molecule has 0 unspecified atom stereocenters. The Morgan fingerprint density at radius 3 is 2.45 bits per heavy atom. The molecule has 120 valence electrons. The molecule has 0 amide bonds. The smallest absolute Gasteiger partial charge is 0.226 e. The minimum atomic E-state index is -1.05. The Morgan fingerprint density at radius 2 is 1.82 bits per heavy atom. The Kier molecular flexibility index (Phi) is 5.91. The zero-order valence-electron chi connectivity index (χ0n) is 12.9. The monoisotopic (exact) mass is 359 g/mol. The summed E-state index contributed by atoms with van der Waals surface area (Å²) in [6.07, 6.45) is 4.08. The van der Waals surface area contributed by atoms with Crippen molar-refractivity contribution in [3.63, 3.8) is 0 Å². The van der Waals surface area contributed by atoms with Crippen LogP contribution in [0.5, 0.6) is 0 Å². The van der Waals surface area contributed by atoms with E-state index in [0.717, 1.165) is 18.3 Å². The topological polar surface area (TPSA) is 65.7 Å². The third kappa shape index (κ3) is 6.00. The van der Waals surface area contributed by atoms with Crippen LogP contribution in [0.25, 0.3) is 0 Å². The molecular weight excluding hydrogens is 341 g/mol. The quantitative estimate of drug-likeness (QED) is 0.560. The Labute approximate surface area is 140 Å². The number of aromatic nitrogens is 5. The molecule has 0 bridgehead atoms. The van der Waals surface area contributed by atoms with E-state index in [1.807, 2.05) is 10.8 Å². The summed E-state index contributed by atoms with van der Waals surface area (Å²) >= 11 is 11.5. The molecule has 0 atom stereocenters. The molecule has 0 aliphatic rings. The fourth-order valence-electron chi connectivity index (χ4n) is 1.72. The van der Waals surface area contributed by atoms with E-state index >= 15 is 0 Å². The molecule has 0 spiro atoms. The van der Waals surface area contributed by atoms with Crippen molar-refractivity contribution in [2.75, 3.05) is 6.61 Å². The lowest BCUT2D eigenvalue weighted by Gasteiger charge is -2.15. The van der Waals surface area contributed by atoms with Gasteiger partial charge in [-0.15, -0.1) is 0 Å². The van der Waals surface area contributed by atoms with Crippen LogP contribution in [0, 0.1) is 0 Å². The number of hydrogen-bond donors (Lipinski definition) is 0. The van der Waals surface area contributed by atoms with E-state index in [1.54, 1.807) is 6.33 Å². The molecule has 0 saturated carbocycles. The molecule has 0 aliphatic carbocycles. The Bertz CT molecular complexity index is 609. The van der Waals surface area contributed by atoms with Crippen LogP contribution in [0.1, 0.15) is 11.5 Å². The number of rotatable bonds is 7. The molecule has 22 heavy (non-hydrogen) atoms. The standard InChI is InChI=1S/C13H19Cl2N5OSi/c1-22(2,3)5-4-21-9-20-7-10(16-8-20)6-11-17-12(14)19-13(15)18-11/h7-8H,4-6,9H2,1-3H3. The van der Waals surface area contributed by atoms with Gasteiger partial charge in [-0.1, -0.05) is 19.6 Å². The summed E-state index contributed by atoms with van der Waals surface area (Å²) < 4.78 is 7.56. The van der Waals surface area contributed by atoms with Gasteiger partial charge < -0.3 is 9.30 Å². The molecule has 2 heterocycles. The minimum Gasteiger partial charge on any atom is -0.361 e. The molecule has 9 heteroatoms. The Hall–Kier alpha value is -1.02. The molecule has 0 fully saturated rings. The minimum absolute atomic E-state index is 0.0871. The summed E-state index contributed by atoms with van der Waals surface area (Å²) in [5.74, 6) is 0.495. The first-order valence-corrected chi connectivity index (χ1v) is 11.4. The maximum absolute atomic E-state index is 5.75. The molecule has 0 aliphatic heterocycles. The van der Waals surface area contributed by atoms with E-state index in [4.69, 9.17) is 27.9 Å². The van der Waals surface area contributed by atoms with Crippen molar-refractivity contribution in [1.29, 1.82) is 0 Å². The van der Waals surface area contributed by atoms with Gasteiger partial charge in [0.05, 0.1) is 18.4 Å². The van der Waals surface area contributed by atoms with E-state index in [1.165, 1.54) is 0 Å². The van der Waals surface area contributed by atoms with E-state index < -0.39 is 8.07 Å². The number of halogens is 2. The van der Waals surface area contributed by atoms with Crippen LogP contribution in [-0.2, 0) is 17.9 Å². The third-order valence-corrected chi connectivity index (χ3v) is 4.93. The van der Waals surface area contributed by atoms with E-state index in [9.17, 15) is 0 Å². The zero-order chi connectivity index (χ0) is 16.2. The van der Waals surface area contributed by atoms with E-state index in [2.05, 4.69) is 39.6 Å². The van der Waals surface area contributed by atoms with Gasteiger partial charge in [0.25, 0.3) is 0 Å². The molecule has 0 radical (unpaired) electrons. The molecule has 2 aromatic heterocycles. The normalized spacial score (nSPS) is 11.9. The van der Waals surface area contributed by atoms with Gasteiger partial charge >= 0.3 is 0 Å². The highest BCUT2D eigenvalue weighted by molar-refractivity contribution is 6.76. The number of imidazole rings is 1. The number of nitrogens with zero attached hydrogens (tertiary/aromatic N) is 5. The lowest BCUT2D eigenvalue weighted by Crippen LogP contribution is -2.21. The molecule has 2 rings (SSSR count). The van der Waals surface area contributed by atoms with Crippen molar-refractivity contribution in [2.24, 2.45) is 0 Å². The van der Waals surface area contributed by atoms with Crippen LogP contribution in [0.4, 0.5) is 0 Å². The van der Waals surface area contributed by atoms with Crippen molar-refractivity contribution in [3.8, 4) is 0 Å². The first-order chi connectivity index (χ1) is 10.3. The van der Waals surface area contributed by atoms with Crippen LogP contribution in [-0.4, -0.2) is 39.2 Å². The van der Waals surface area contributed by atoms with Gasteiger partial charge in [0.1, 0.15) is 12.6 Å². The van der Waals surface area contributed by atoms with Gasteiger partial charge in [-0.3, -0.25) is 0 Å². The number of hydrogen-bond acceptors (Lipinski definition) is 5. The van der Waals surface area contributed by atoms with E-state index in [0.29, 0.717) is 19.0 Å². The summed E-state index contributed by atoms with van der Waals surface area (Å²) in [6.45, 7) is 8.27. The van der Waals surface area contributed by atoms with Gasteiger partial charge in [-0.05, 0) is 29.2 Å². The second kappa shape index (κ2) is 7.50. The SMILES string of the molecule is C[Si](C)(C)CCOCn1cnc(Cc2nc(Cl)nc(Cl)n2)c1. The molecule has 0 saturated heterocycles. The predicted octanol–water partition coefficient (Wildman–Crippen LogP) is 3.28. The molecular formula is C13H19Cl2N5OSi. The highest BCUT2D eigenvalue weighted by Gasteiger charge is 2.12. The average Bonchev–Trinajstić information content (AvgIpc) is 2.80. The Balaban J connectivity index is 1.86. The maximum atomic E-state index is 5.75. The third-order valence-electron chi connectivity index (χ3n) is 2.89. The highest BCUT2D eigenvalue weighted by Crippen LogP contribution is 2.10. The summed E-state index contributed by atoms with van der Waals surface area (Å²) in [5.41, 5.74) is 0.826. The van der Waals surface area contributed by atoms with Crippen LogP contribution < -0.4 is 0 Å². The summed E-state index contributed by atoms with van der Waals surface area (Å²) in [6, 6.07) is 1.15. The summed E-state index contributed by atoms with van der Waals surface area (Å²) in [4.78, 5) is 16.1. The van der Waals surface area contributed by atoms with Gasteiger partial charge in [0.15, 0.2) is 0 Å². The van der Waals surface area contributed by atoms with Gasteiger partial charge in [-0.25, -0.2) is 15.0 Å². The fourth-order valence-corrected chi connectivity index (χ4v) is 2.88. The largest absolute Gasteiger partial charge is 0.361 e. The van der Waals surface area contributed by atoms with Crippen LogP contribution in [0.3, 0.4) is 0 Å². The van der Waals surface area contributed by atoms with Crippen molar-refractivity contribution < 1.29 is 4.74 Å². The zero-order valence-corrected chi connectivity index (χ0v) is 15.4. The van der Waals surface area contributed by atoms with Gasteiger partial charge in [0.2, 0.25) is 10.6 Å². The number of ether oxygens (including phenoxy) is 1. The first kappa shape index (κ1) is 17.3. The lowest BCUT2D eigenvalue weighted by atomic mass is 10.3. The molecule has 0 aromatic carbocycles.